The molecule has 1 aliphatic rings. The fraction of sp³-hybridized carbons (Fsp3) is 0.364. The lowest BCUT2D eigenvalue weighted by Gasteiger charge is -2.32. The van der Waals surface area contributed by atoms with Crippen LogP contribution in [0.2, 0.25) is 0 Å². The van der Waals surface area contributed by atoms with E-state index < -0.39 is 0 Å². The van der Waals surface area contributed by atoms with Gasteiger partial charge in [-0.1, -0.05) is 24.3 Å². The van der Waals surface area contributed by atoms with Crippen LogP contribution in [0.3, 0.4) is 0 Å². The molecule has 0 atom stereocenters. The molecule has 0 radical (unpaired) electrons. The first-order chi connectivity index (χ1) is 13.5. The molecule has 0 aromatic heterocycles. The molecule has 6 nitrogen and oxygen atoms in total. The lowest BCUT2D eigenvalue weighted by atomic mass is 10.0. The molecule has 1 aliphatic heterocycles. The van der Waals surface area contributed by atoms with Gasteiger partial charge in [-0.3, -0.25) is 14.5 Å². The highest BCUT2D eigenvalue weighted by molar-refractivity contribution is 5.95. The fourth-order valence-electron chi connectivity index (χ4n) is 3.43. The number of rotatable bonds is 6. The summed E-state index contributed by atoms with van der Waals surface area (Å²) in [5.74, 6) is 0.644. The number of hydrogen-bond donors (Lipinski definition) is 2. The van der Waals surface area contributed by atoms with E-state index in [0.29, 0.717) is 12.3 Å². The summed E-state index contributed by atoms with van der Waals surface area (Å²) in [6, 6.07) is 15.1. The number of aryl methyl sites for hydroxylation is 1. The highest BCUT2D eigenvalue weighted by atomic mass is 16.5. The molecule has 0 unspecified atom stereocenters. The smallest absolute Gasteiger partial charge is 0.251 e. The van der Waals surface area contributed by atoms with Crippen LogP contribution in [0.25, 0.3) is 0 Å². The van der Waals surface area contributed by atoms with Crippen molar-refractivity contribution in [3.05, 3.63) is 59.7 Å². The molecule has 0 bridgehead atoms. The van der Waals surface area contributed by atoms with Gasteiger partial charge >= 0.3 is 0 Å². The van der Waals surface area contributed by atoms with Gasteiger partial charge in [0.25, 0.3) is 5.91 Å². The quantitative estimate of drug-likeness (QED) is 0.807. The third-order valence-electron chi connectivity index (χ3n) is 5.03. The van der Waals surface area contributed by atoms with E-state index in [-0.39, 0.29) is 17.9 Å². The Labute approximate surface area is 165 Å². The van der Waals surface area contributed by atoms with Crippen molar-refractivity contribution in [1.29, 1.82) is 0 Å². The SMILES string of the molecule is COc1cccc(NC(=O)CN2CCC(NC(=O)c3ccccc3C)CC2)c1. The van der Waals surface area contributed by atoms with Gasteiger partial charge in [0.05, 0.1) is 13.7 Å². The van der Waals surface area contributed by atoms with Crippen molar-refractivity contribution in [3.63, 3.8) is 0 Å². The van der Waals surface area contributed by atoms with Crippen molar-refractivity contribution in [2.24, 2.45) is 0 Å². The number of methoxy groups -OCH3 is 1. The molecule has 0 aliphatic carbocycles. The van der Waals surface area contributed by atoms with E-state index in [1.54, 1.807) is 13.2 Å². The Morgan fingerprint density at radius 1 is 1.11 bits per heavy atom. The monoisotopic (exact) mass is 381 g/mol. The van der Waals surface area contributed by atoms with Gasteiger partial charge < -0.3 is 15.4 Å². The van der Waals surface area contributed by atoms with Crippen molar-refractivity contribution < 1.29 is 14.3 Å². The molecule has 2 amide bonds. The number of ether oxygens (including phenoxy) is 1. The summed E-state index contributed by atoms with van der Waals surface area (Å²) >= 11 is 0. The summed E-state index contributed by atoms with van der Waals surface area (Å²) < 4.78 is 5.17. The van der Waals surface area contributed by atoms with Crippen molar-refractivity contribution in [2.45, 2.75) is 25.8 Å². The number of piperidine rings is 1. The maximum absolute atomic E-state index is 12.4. The number of likely N-dealkylation sites (tertiary alicyclic amines) is 1. The topological polar surface area (TPSA) is 70.7 Å². The Balaban J connectivity index is 1.44. The number of benzene rings is 2. The molecule has 0 saturated carbocycles. The van der Waals surface area contributed by atoms with Gasteiger partial charge in [-0.15, -0.1) is 0 Å². The summed E-state index contributed by atoms with van der Waals surface area (Å²) in [6.07, 6.45) is 1.67. The van der Waals surface area contributed by atoms with E-state index in [1.807, 2.05) is 49.4 Å². The number of anilines is 1. The molecular weight excluding hydrogens is 354 g/mol. The summed E-state index contributed by atoms with van der Waals surface area (Å²) in [7, 11) is 1.60. The van der Waals surface area contributed by atoms with Crippen molar-refractivity contribution >= 4 is 17.5 Å². The lowest BCUT2D eigenvalue weighted by Crippen LogP contribution is -2.46. The van der Waals surface area contributed by atoms with Gasteiger partial charge in [-0.05, 0) is 43.5 Å². The second-order valence-corrected chi connectivity index (χ2v) is 7.12. The first-order valence-electron chi connectivity index (χ1n) is 9.58. The highest BCUT2D eigenvalue weighted by Gasteiger charge is 2.23. The Bertz CT molecular complexity index is 829. The number of carbonyl (C=O) groups excluding carboxylic acids is 2. The fourth-order valence-corrected chi connectivity index (χ4v) is 3.43. The Hall–Kier alpha value is -2.86. The van der Waals surface area contributed by atoms with Crippen LogP contribution in [0.5, 0.6) is 5.75 Å². The first-order valence-corrected chi connectivity index (χ1v) is 9.58. The molecule has 1 saturated heterocycles. The van der Waals surface area contributed by atoms with Crippen LogP contribution >= 0.6 is 0 Å². The van der Waals surface area contributed by atoms with Crippen LogP contribution in [0.15, 0.2) is 48.5 Å². The molecule has 3 rings (SSSR count). The molecule has 2 aromatic carbocycles. The van der Waals surface area contributed by atoms with E-state index >= 15 is 0 Å². The summed E-state index contributed by atoms with van der Waals surface area (Å²) in [4.78, 5) is 26.9. The minimum atomic E-state index is -0.0457. The Morgan fingerprint density at radius 3 is 2.57 bits per heavy atom. The highest BCUT2D eigenvalue weighted by Crippen LogP contribution is 2.17. The van der Waals surface area contributed by atoms with E-state index in [1.165, 1.54) is 0 Å². The van der Waals surface area contributed by atoms with Gasteiger partial charge in [0, 0.05) is 36.4 Å². The largest absolute Gasteiger partial charge is 0.497 e. The third kappa shape index (κ3) is 5.33. The zero-order chi connectivity index (χ0) is 19.9. The van der Waals surface area contributed by atoms with Crippen LogP contribution < -0.4 is 15.4 Å². The molecular formula is C22H27N3O3. The van der Waals surface area contributed by atoms with Crippen LogP contribution in [0.4, 0.5) is 5.69 Å². The molecule has 2 N–H and O–H groups in total. The summed E-state index contributed by atoms with van der Waals surface area (Å²) in [5, 5.41) is 6.03. The average molecular weight is 381 g/mol. The van der Waals surface area contributed by atoms with Crippen molar-refractivity contribution in [3.8, 4) is 5.75 Å². The maximum atomic E-state index is 12.4. The zero-order valence-electron chi connectivity index (χ0n) is 16.4. The van der Waals surface area contributed by atoms with Gasteiger partial charge in [0.2, 0.25) is 5.91 Å². The normalized spacial score (nSPS) is 15.1. The first kappa shape index (κ1) is 19.9. The van der Waals surface area contributed by atoms with Gasteiger partial charge in [-0.25, -0.2) is 0 Å². The standard InChI is InChI=1S/C22H27N3O3/c1-16-6-3-4-9-20(16)22(27)24-17-10-12-25(13-11-17)15-21(26)23-18-7-5-8-19(14-18)28-2/h3-9,14,17H,10-13,15H2,1-2H3,(H,23,26)(H,24,27). The minimum Gasteiger partial charge on any atom is -0.497 e. The third-order valence-corrected chi connectivity index (χ3v) is 5.03. The molecule has 0 spiro atoms. The van der Waals surface area contributed by atoms with Crippen LogP contribution in [0.1, 0.15) is 28.8 Å². The van der Waals surface area contributed by atoms with Crippen molar-refractivity contribution in [1.82, 2.24) is 10.2 Å². The average Bonchev–Trinajstić information content (AvgIpc) is 2.70. The van der Waals surface area contributed by atoms with E-state index in [9.17, 15) is 9.59 Å². The molecule has 6 heteroatoms. The molecule has 1 fully saturated rings. The van der Waals surface area contributed by atoms with E-state index in [4.69, 9.17) is 4.74 Å². The summed E-state index contributed by atoms with van der Waals surface area (Å²) in [6.45, 7) is 3.85. The second-order valence-electron chi connectivity index (χ2n) is 7.12. The maximum Gasteiger partial charge on any atom is 0.251 e. The van der Waals surface area contributed by atoms with Crippen LogP contribution in [0, 0.1) is 6.92 Å². The number of amides is 2. The number of nitrogens with zero attached hydrogens (tertiary/aromatic N) is 1. The number of carbonyl (C=O) groups is 2. The Kier molecular flexibility index (Phi) is 6.66. The lowest BCUT2D eigenvalue weighted by molar-refractivity contribution is -0.117. The van der Waals surface area contributed by atoms with Gasteiger partial charge in [0.15, 0.2) is 0 Å². The Morgan fingerprint density at radius 2 is 1.86 bits per heavy atom. The molecule has 2 aromatic rings. The molecule has 148 valence electrons. The van der Waals surface area contributed by atoms with Gasteiger partial charge in [0.1, 0.15) is 5.75 Å². The summed E-state index contributed by atoms with van der Waals surface area (Å²) in [5.41, 5.74) is 2.43. The predicted molar refractivity (Wildman–Crippen MR) is 110 cm³/mol. The zero-order valence-corrected chi connectivity index (χ0v) is 16.4. The van der Waals surface area contributed by atoms with Crippen LogP contribution in [-0.4, -0.2) is 49.5 Å². The minimum absolute atomic E-state index is 0.0210. The number of hydrogen-bond acceptors (Lipinski definition) is 4. The van der Waals surface area contributed by atoms with E-state index in [0.717, 1.165) is 42.7 Å². The van der Waals surface area contributed by atoms with Crippen molar-refractivity contribution in [2.75, 3.05) is 32.1 Å². The second kappa shape index (κ2) is 9.37. The van der Waals surface area contributed by atoms with Crippen LogP contribution in [-0.2, 0) is 4.79 Å². The van der Waals surface area contributed by atoms with E-state index in [2.05, 4.69) is 15.5 Å². The molecule has 1 heterocycles. The number of nitrogens with one attached hydrogen (secondary N) is 2. The predicted octanol–water partition coefficient (Wildman–Crippen LogP) is 2.84. The molecule has 28 heavy (non-hydrogen) atoms. The van der Waals surface area contributed by atoms with Gasteiger partial charge in [-0.2, -0.15) is 0 Å².